The van der Waals surface area contributed by atoms with Gasteiger partial charge in [-0.2, -0.15) is 0 Å². The van der Waals surface area contributed by atoms with Gasteiger partial charge < -0.3 is 10.1 Å². The lowest BCUT2D eigenvalue weighted by molar-refractivity contribution is -0.117. The van der Waals surface area contributed by atoms with Crippen LogP contribution in [0, 0.1) is 6.92 Å². The van der Waals surface area contributed by atoms with Gasteiger partial charge in [-0.1, -0.05) is 41.6 Å². The molecule has 3 aromatic carbocycles. The third kappa shape index (κ3) is 4.67. The maximum absolute atomic E-state index is 13.7. The van der Waals surface area contributed by atoms with Crippen molar-refractivity contribution in [2.24, 2.45) is 0 Å². The normalized spacial score (nSPS) is 13.4. The third-order valence-corrected chi connectivity index (χ3v) is 6.89. The number of aryl methyl sites for hydroxylation is 1. The van der Waals surface area contributed by atoms with Crippen molar-refractivity contribution in [2.75, 3.05) is 16.8 Å². The second-order valence-electron chi connectivity index (χ2n) is 7.80. The Morgan fingerprint density at radius 2 is 1.85 bits per heavy atom. The number of nitrogens with zero attached hydrogens (tertiary/aromatic N) is 1. The number of anilines is 2. The Labute approximate surface area is 207 Å². The number of halogens is 1. The lowest BCUT2D eigenvalue weighted by Crippen LogP contribution is -2.46. The zero-order valence-electron chi connectivity index (χ0n) is 18.9. The average molecular weight is 495 g/mol. The van der Waals surface area contributed by atoms with Crippen LogP contribution in [0.1, 0.15) is 40.1 Å². The van der Waals surface area contributed by atoms with E-state index in [1.165, 1.54) is 16.7 Å². The first-order chi connectivity index (χ1) is 16.3. The average Bonchev–Trinajstić information content (AvgIpc) is 2.94. The fourth-order valence-corrected chi connectivity index (χ4v) is 4.91. The highest BCUT2D eigenvalue weighted by Crippen LogP contribution is 2.42. The summed E-state index contributed by atoms with van der Waals surface area (Å²) in [4.78, 5) is 42.4. The molecule has 4 rings (SSSR count). The van der Waals surface area contributed by atoms with E-state index in [2.05, 4.69) is 5.32 Å². The van der Waals surface area contributed by atoms with Gasteiger partial charge in [-0.15, -0.1) is 0 Å². The minimum Gasteiger partial charge on any atom is -0.462 e. The summed E-state index contributed by atoms with van der Waals surface area (Å²) in [5, 5.41) is 3.38. The van der Waals surface area contributed by atoms with Crippen LogP contribution in [-0.2, 0) is 9.53 Å². The molecule has 0 fully saturated rings. The molecule has 0 saturated heterocycles. The van der Waals surface area contributed by atoms with Crippen molar-refractivity contribution in [3.63, 3.8) is 0 Å². The molecule has 8 heteroatoms. The first-order valence-corrected chi connectivity index (χ1v) is 12.0. The number of amides is 2. The van der Waals surface area contributed by atoms with Gasteiger partial charge in [0.15, 0.2) is 0 Å². The van der Waals surface area contributed by atoms with Gasteiger partial charge in [0.25, 0.3) is 5.91 Å². The van der Waals surface area contributed by atoms with Gasteiger partial charge in [-0.05, 0) is 68.8 Å². The van der Waals surface area contributed by atoms with Crippen molar-refractivity contribution in [3.8, 4) is 0 Å². The summed E-state index contributed by atoms with van der Waals surface area (Å²) >= 11 is 7.53. The predicted molar refractivity (Wildman–Crippen MR) is 134 cm³/mol. The van der Waals surface area contributed by atoms with Crippen molar-refractivity contribution in [1.29, 1.82) is 0 Å². The largest absolute Gasteiger partial charge is 0.462 e. The van der Waals surface area contributed by atoms with Gasteiger partial charge in [-0.3, -0.25) is 14.5 Å². The Kier molecular flexibility index (Phi) is 6.95. The highest BCUT2D eigenvalue weighted by molar-refractivity contribution is 7.99. The van der Waals surface area contributed by atoms with E-state index < -0.39 is 12.0 Å². The third-order valence-electron chi connectivity index (χ3n) is 5.51. The van der Waals surface area contributed by atoms with Gasteiger partial charge in [0.1, 0.15) is 6.04 Å². The van der Waals surface area contributed by atoms with Crippen molar-refractivity contribution in [3.05, 3.63) is 82.4 Å². The molecule has 174 valence electrons. The summed E-state index contributed by atoms with van der Waals surface area (Å²) < 4.78 is 5.14. The highest BCUT2D eigenvalue weighted by Gasteiger charge is 2.34. The molecule has 0 bridgehead atoms. The van der Waals surface area contributed by atoms with Crippen LogP contribution in [0.25, 0.3) is 0 Å². The zero-order valence-corrected chi connectivity index (χ0v) is 20.5. The molecule has 0 radical (unpaired) electrons. The molecular weight excluding hydrogens is 472 g/mol. The molecule has 1 aliphatic rings. The summed E-state index contributed by atoms with van der Waals surface area (Å²) in [5.41, 5.74) is 2.69. The molecule has 2 amide bonds. The Bertz CT molecular complexity index is 1290. The van der Waals surface area contributed by atoms with Crippen LogP contribution in [0.4, 0.5) is 11.4 Å². The number of esters is 1. The van der Waals surface area contributed by atoms with Gasteiger partial charge in [0.2, 0.25) is 5.91 Å². The lowest BCUT2D eigenvalue weighted by Gasteiger charge is -2.29. The summed E-state index contributed by atoms with van der Waals surface area (Å²) in [6.07, 6.45) is 0. The van der Waals surface area contributed by atoms with Crippen molar-refractivity contribution >= 4 is 52.5 Å². The molecule has 1 aliphatic heterocycles. The zero-order chi connectivity index (χ0) is 24.4. The first kappa shape index (κ1) is 23.9. The van der Waals surface area contributed by atoms with E-state index >= 15 is 0 Å². The molecule has 0 saturated carbocycles. The van der Waals surface area contributed by atoms with E-state index in [-0.39, 0.29) is 18.4 Å². The minimum atomic E-state index is -0.881. The number of benzene rings is 3. The van der Waals surface area contributed by atoms with Crippen LogP contribution in [0.5, 0.6) is 0 Å². The van der Waals surface area contributed by atoms with E-state index in [4.69, 9.17) is 16.3 Å². The van der Waals surface area contributed by atoms with Crippen molar-refractivity contribution in [2.45, 2.75) is 36.6 Å². The molecule has 34 heavy (non-hydrogen) atoms. The molecular formula is C26H23ClN2O4S. The first-order valence-electron chi connectivity index (χ1n) is 10.8. The number of hydrogen-bond acceptors (Lipinski definition) is 5. The lowest BCUT2D eigenvalue weighted by atomic mass is 10.1. The monoisotopic (exact) mass is 494 g/mol. The van der Waals surface area contributed by atoms with E-state index in [1.807, 2.05) is 25.1 Å². The molecule has 0 unspecified atom stereocenters. The maximum Gasteiger partial charge on any atom is 0.338 e. The van der Waals surface area contributed by atoms with E-state index in [9.17, 15) is 14.4 Å². The Morgan fingerprint density at radius 1 is 1.09 bits per heavy atom. The summed E-state index contributed by atoms with van der Waals surface area (Å²) in [7, 11) is 0. The molecule has 1 N–H and O–H groups in total. The number of carbonyl (C=O) groups excluding carboxylic acids is 3. The Hall–Kier alpha value is -3.29. The standard InChI is InChI=1S/C26H23ClN2O4S/c1-4-33-26(32)17-10-12-23-21(13-17)29(25(31)19-7-5-6-8-22(19)34-23)16(3)24(30)28-20-14-18(27)11-9-15(20)2/h5-14,16H,4H2,1-3H3,(H,28,30)/t16-/m0/s1. The summed E-state index contributed by atoms with van der Waals surface area (Å²) in [6, 6.07) is 16.7. The molecule has 1 heterocycles. The van der Waals surface area contributed by atoms with Gasteiger partial charge in [0.05, 0.1) is 23.4 Å². The smallest absolute Gasteiger partial charge is 0.338 e. The minimum absolute atomic E-state index is 0.233. The highest BCUT2D eigenvalue weighted by atomic mass is 35.5. The van der Waals surface area contributed by atoms with E-state index in [0.717, 1.165) is 15.4 Å². The summed E-state index contributed by atoms with van der Waals surface area (Å²) in [6.45, 7) is 5.48. The fraction of sp³-hybridized carbons (Fsp3) is 0.192. The maximum atomic E-state index is 13.7. The number of hydrogen-bond donors (Lipinski definition) is 1. The number of fused-ring (bicyclic) bond motifs is 2. The van der Waals surface area contributed by atoms with E-state index in [1.54, 1.807) is 56.3 Å². The van der Waals surface area contributed by atoms with Crippen molar-refractivity contribution in [1.82, 2.24) is 0 Å². The Morgan fingerprint density at radius 3 is 2.62 bits per heavy atom. The topological polar surface area (TPSA) is 75.7 Å². The number of nitrogens with one attached hydrogen (secondary N) is 1. The van der Waals surface area contributed by atoms with Gasteiger partial charge in [-0.25, -0.2) is 4.79 Å². The van der Waals surface area contributed by atoms with Crippen molar-refractivity contribution < 1.29 is 19.1 Å². The van der Waals surface area contributed by atoms with Crippen LogP contribution >= 0.6 is 23.4 Å². The Balaban J connectivity index is 1.78. The molecule has 0 aliphatic carbocycles. The number of carbonyl (C=O) groups is 3. The predicted octanol–water partition coefficient (Wildman–Crippen LogP) is 5.96. The van der Waals surface area contributed by atoms with Gasteiger partial charge in [0, 0.05) is 20.5 Å². The molecule has 6 nitrogen and oxygen atoms in total. The molecule has 1 atom stereocenters. The van der Waals surface area contributed by atoms with Crippen LogP contribution in [0.15, 0.2) is 70.5 Å². The number of ether oxygens (including phenoxy) is 1. The molecule has 0 aromatic heterocycles. The molecule has 0 spiro atoms. The van der Waals surface area contributed by atoms with Crippen LogP contribution in [0.3, 0.4) is 0 Å². The van der Waals surface area contributed by atoms with Crippen LogP contribution < -0.4 is 10.2 Å². The van der Waals surface area contributed by atoms with E-state index in [0.29, 0.717) is 27.5 Å². The van der Waals surface area contributed by atoms with Crippen LogP contribution in [0.2, 0.25) is 5.02 Å². The summed E-state index contributed by atoms with van der Waals surface area (Å²) in [5.74, 6) is -1.19. The number of rotatable bonds is 5. The fourth-order valence-electron chi connectivity index (χ4n) is 3.69. The quantitative estimate of drug-likeness (QED) is 0.442. The van der Waals surface area contributed by atoms with Gasteiger partial charge >= 0.3 is 5.97 Å². The second-order valence-corrected chi connectivity index (χ2v) is 9.32. The van der Waals surface area contributed by atoms with Crippen LogP contribution in [-0.4, -0.2) is 30.4 Å². The second kappa shape index (κ2) is 9.91. The SMILES string of the molecule is CCOC(=O)c1ccc2c(c1)N([C@@H](C)C(=O)Nc1cc(Cl)ccc1C)C(=O)c1ccccc1S2. The molecule has 3 aromatic rings.